The Labute approximate surface area is 186 Å². The van der Waals surface area contributed by atoms with Crippen molar-refractivity contribution in [3.05, 3.63) is 80.2 Å². The lowest BCUT2D eigenvalue weighted by atomic mass is 10.2. The number of aryl methyl sites for hydroxylation is 1. The molecule has 1 aromatic carbocycles. The van der Waals surface area contributed by atoms with Gasteiger partial charge in [0, 0.05) is 42.8 Å². The number of aromatic nitrogens is 5. The molecule has 6 rings (SSSR count). The monoisotopic (exact) mass is 450 g/mol. The first-order valence-corrected chi connectivity index (χ1v) is 10.8. The summed E-state index contributed by atoms with van der Waals surface area (Å²) in [6.07, 6.45) is 1.44. The third-order valence-electron chi connectivity index (χ3n) is 6.55. The predicted molar refractivity (Wildman–Crippen MR) is 118 cm³/mol. The van der Waals surface area contributed by atoms with Gasteiger partial charge in [0.25, 0.3) is 11.1 Å². The minimum Gasteiger partial charge on any atom is -0.371 e. The molecule has 162 valence electrons. The minimum atomic E-state index is -0.324. The summed E-state index contributed by atoms with van der Waals surface area (Å²) >= 11 is 6.12. The molecule has 10 heteroatoms. The third kappa shape index (κ3) is 3.03. The molecular formula is C22H19ClN6O3. The molecule has 4 heterocycles. The predicted octanol–water partition coefficient (Wildman–Crippen LogP) is 2.03. The van der Waals surface area contributed by atoms with Gasteiger partial charge in [0.2, 0.25) is 5.89 Å². The molecule has 0 radical (unpaired) electrons. The number of piperidine rings is 1. The summed E-state index contributed by atoms with van der Waals surface area (Å²) in [4.78, 5) is 35.9. The molecule has 1 saturated carbocycles. The summed E-state index contributed by atoms with van der Waals surface area (Å²) in [5.74, 6) is 2.28. The van der Waals surface area contributed by atoms with Gasteiger partial charge in [-0.15, -0.1) is 0 Å². The minimum absolute atomic E-state index is 0.106. The van der Waals surface area contributed by atoms with Crippen LogP contribution in [0.25, 0.3) is 11.0 Å². The van der Waals surface area contributed by atoms with E-state index in [2.05, 4.69) is 26.1 Å². The Hall–Kier alpha value is -3.46. The van der Waals surface area contributed by atoms with Crippen LogP contribution in [-0.2, 0) is 13.6 Å². The van der Waals surface area contributed by atoms with Crippen molar-refractivity contribution in [2.24, 2.45) is 18.9 Å². The molecule has 0 amide bonds. The van der Waals surface area contributed by atoms with Crippen LogP contribution in [0.15, 0.2) is 56.8 Å². The van der Waals surface area contributed by atoms with Crippen LogP contribution in [0.2, 0.25) is 5.02 Å². The van der Waals surface area contributed by atoms with Gasteiger partial charge in [-0.2, -0.15) is 4.98 Å². The van der Waals surface area contributed by atoms with Crippen LogP contribution in [0.5, 0.6) is 0 Å². The third-order valence-corrected chi connectivity index (χ3v) is 6.78. The molecule has 9 nitrogen and oxygen atoms in total. The van der Waals surface area contributed by atoms with Gasteiger partial charge >= 0.3 is 0 Å². The van der Waals surface area contributed by atoms with E-state index in [1.807, 2.05) is 18.2 Å². The second-order valence-electron chi connectivity index (χ2n) is 8.43. The number of benzene rings is 1. The number of nitrogens with zero attached hydrogens (tertiary/aromatic N) is 6. The highest BCUT2D eigenvalue weighted by Gasteiger charge is 2.58. The van der Waals surface area contributed by atoms with Crippen LogP contribution >= 0.6 is 11.6 Å². The summed E-state index contributed by atoms with van der Waals surface area (Å²) in [6, 6.07) is 10.8. The van der Waals surface area contributed by atoms with Crippen LogP contribution in [0.1, 0.15) is 17.6 Å². The standard InChI is InChI=1S/C22H19ClN6O3/c1-27-18(30)6-5-16-20(27)22(31)29(11-24-16)10-17-25-21(26-32-17)19-14-8-28(9-15(14)19)13-4-2-3-12(23)7-13/h2-7,11,14-15,19H,8-10H2,1H3/t14-,15+,19-. The summed E-state index contributed by atoms with van der Waals surface area (Å²) < 4.78 is 8.12. The number of halogens is 1. The first kappa shape index (κ1) is 19.2. The SMILES string of the molecule is Cn1c(=O)ccc2ncn(Cc3nc([C@@H]4[C@@H]5CN(c6cccc(Cl)c6)C[C@@H]54)no3)c(=O)c21. The van der Waals surface area contributed by atoms with Gasteiger partial charge in [-0.05, 0) is 36.1 Å². The van der Waals surface area contributed by atoms with Crippen LogP contribution < -0.4 is 16.0 Å². The van der Waals surface area contributed by atoms with Crippen LogP contribution in [0.3, 0.4) is 0 Å². The van der Waals surface area contributed by atoms with Crippen LogP contribution in [0.4, 0.5) is 5.69 Å². The van der Waals surface area contributed by atoms with E-state index in [0.717, 1.165) is 23.8 Å². The van der Waals surface area contributed by atoms with E-state index in [-0.39, 0.29) is 29.1 Å². The molecule has 1 aliphatic heterocycles. The Morgan fingerprint density at radius 3 is 2.75 bits per heavy atom. The summed E-state index contributed by atoms with van der Waals surface area (Å²) in [5, 5.41) is 4.91. The lowest BCUT2D eigenvalue weighted by Crippen LogP contribution is -2.28. The fraction of sp³-hybridized carbons (Fsp3) is 0.318. The number of hydrogen-bond donors (Lipinski definition) is 0. The molecule has 3 aromatic heterocycles. The van der Waals surface area contributed by atoms with E-state index >= 15 is 0 Å². The van der Waals surface area contributed by atoms with Crippen molar-refractivity contribution in [2.45, 2.75) is 12.5 Å². The number of pyridine rings is 1. The molecule has 4 aromatic rings. The number of fused-ring (bicyclic) bond motifs is 2. The fourth-order valence-electron chi connectivity index (χ4n) is 4.82. The molecule has 1 saturated heterocycles. The van der Waals surface area contributed by atoms with Crippen LogP contribution in [-0.4, -0.2) is 37.3 Å². The van der Waals surface area contributed by atoms with Gasteiger partial charge in [-0.25, -0.2) is 4.98 Å². The quantitative estimate of drug-likeness (QED) is 0.469. The van der Waals surface area contributed by atoms with Gasteiger partial charge in [0.05, 0.1) is 11.8 Å². The van der Waals surface area contributed by atoms with Crippen molar-refractivity contribution in [3.63, 3.8) is 0 Å². The van der Waals surface area contributed by atoms with Crippen molar-refractivity contribution < 1.29 is 4.52 Å². The molecule has 0 N–H and O–H groups in total. The van der Waals surface area contributed by atoms with Crippen molar-refractivity contribution in [1.29, 1.82) is 0 Å². The molecule has 1 aliphatic carbocycles. The molecular weight excluding hydrogens is 432 g/mol. The Bertz CT molecular complexity index is 1460. The van der Waals surface area contributed by atoms with Gasteiger partial charge in [0.15, 0.2) is 5.82 Å². The second-order valence-corrected chi connectivity index (χ2v) is 8.86. The summed E-state index contributed by atoms with van der Waals surface area (Å²) in [7, 11) is 1.56. The summed E-state index contributed by atoms with van der Waals surface area (Å²) in [5.41, 5.74) is 1.26. The van der Waals surface area contributed by atoms with Crippen molar-refractivity contribution in [1.82, 2.24) is 24.3 Å². The Morgan fingerprint density at radius 1 is 1.16 bits per heavy atom. The number of rotatable bonds is 4. The smallest absolute Gasteiger partial charge is 0.278 e. The average Bonchev–Trinajstić information content (AvgIpc) is 3.12. The Balaban J connectivity index is 1.19. The number of hydrogen-bond acceptors (Lipinski definition) is 7. The zero-order valence-electron chi connectivity index (χ0n) is 17.2. The lowest BCUT2D eigenvalue weighted by Gasteiger charge is -2.21. The van der Waals surface area contributed by atoms with E-state index in [1.54, 1.807) is 13.1 Å². The maximum atomic E-state index is 12.9. The molecule has 2 aliphatic rings. The molecule has 0 bridgehead atoms. The largest absolute Gasteiger partial charge is 0.371 e. The highest BCUT2D eigenvalue weighted by Crippen LogP contribution is 2.57. The Morgan fingerprint density at radius 2 is 1.97 bits per heavy atom. The molecule has 2 fully saturated rings. The van der Waals surface area contributed by atoms with E-state index < -0.39 is 0 Å². The van der Waals surface area contributed by atoms with Gasteiger partial charge in [-0.3, -0.25) is 14.2 Å². The first-order chi connectivity index (χ1) is 15.5. The van der Waals surface area contributed by atoms with Crippen molar-refractivity contribution in [2.75, 3.05) is 18.0 Å². The van der Waals surface area contributed by atoms with Gasteiger partial charge in [0.1, 0.15) is 12.1 Å². The van der Waals surface area contributed by atoms with Crippen molar-refractivity contribution >= 4 is 28.3 Å². The highest BCUT2D eigenvalue weighted by molar-refractivity contribution is 6.30. The van der Waals surface area contributed by atoms with Gasteiger partial charge in [-0.1, -0.05) is 22.8 Å². The lowest BCUT2D eigenvalue weighted by molar-refractivity contribution is 0.363. The molecule has 32 heavy (non-hydrogen) atoms. The molecule has 0 spiro atoms. The molecule has 3 atom stereocenters. The average molecular weight is 451 g/mol. The fourth-order valence-corrected chi connectivity index (χ4v) is 5.00. The number of anilines is 1. The zero-order chi connectivity index (χ0) is 22.0. The van der Waals surface area contributed by atoms with E-state index in [4.69, 9.17) is 16.1 Å². The second kappa shape index (κ2) is 7.03. The maximum absolute atomic E-state index is 12.9. The zero-order valence-corrected chi connectivity index (χ0v) is 17.9. The Kier molecular flexibility index (Phi) is 4.23. The van der Waals surface area contributed by atoms with E-state index in [1.165, 1.54) is 21.5 Å². The molecule has 0 unspecified atom stereocenters. The summed E-state index contributed by atoms with van der Waals surface area (Å²) in [6.45, 7) is 1.97. The van der Waals surface area contributed by atoms with Gasteiger partial charge < -0.3 is 14.0 Å². The van der Waals surface area contributed by atoms with E-state index in [9.17, 15) is 9.59 Å². The topological polar surface area (TPSA) is 99.1 Å². The van der Waals surface area contributed by atoms with E-state index in [0.29, 0.717) is 29.1 Å². The highest BCUT2D eigenvalue weighted by atomic mass is 35.5. The van der Waals surface area contributed by atoms with Crippen molar-refractivity contribution in [3.8, 4) is 0 Å². The van der Waals surface area contributed by atoms with Crippen LogP contribution in [0, 0.1) is 11.8 Å². The normalized spacial score (nSPS) is 21.8. The maximum Gasteiger partial charge on any atom is 0.278 e. The first-order valence-electron chi connectivity index (χ1n) is 10.4.